The van der Waals surface area contributed by atoms with E-state index in [0.717, 1.165) is 28.3 Å². The third kappa shape index (κ3) is 5.54. The van der Waals surface area contributed by atoms with Crippen molar-refractivity contribution in [2.24, 2.45) is 5.92 Å². The minimum Gasteiger partial charge on any atom is -0.342 e. The molecule has 0 bridgehead atoms. The minimum atomic E-state index is -3.67. The lowest BCUT2D eigenvalue weighted by Gasteiger charge is -2.27. The second-order valence-electron chi connectivity index (χ2n) is 6.62. The summed E-state index contributed by atoms with van der Waals surface area (Å²) >= 11 is 0. The number of amides is 1. The van der Waals surface area contributed by atoms with Gasteiger partial charge in [-0.25, -0.2) is 8.42 Å². The predicted molar refractivity (Wildman–Crippen MR) is 102 cm³/mol. The van der Waals surface area contributed by atoms with Crippen LogP contribution in [0.3, 0.4) is 0 Å². The van der Waals surface area contributed by atoms with Crippen molar-refractivity contribution < 1.29 is 13.2 Å². The number of benzene rings is 1. The Morgan fingerprint density at radius 2 is 1.68 bits per heavy atom. The van der Waals surface area contributed by atoms with Crippen LogP contribution in [0.2, 0.25) is 0 Å². The van der Waals surface area contributed by atoms with Crippen LogP contribution in [0.5, 0.6) is 0 Å². The molecule has 0 spiro atoms. The molecule has 1 aromatic rings. The van der Waals surface area contributed by atoms with E-state index in [2.05, 4.69) is 13.8 Å². The van der Waals surface area contributed by atoms with E-state index in [1.807, 2.05) is 20.8 Å². The van der Waals surface area contributed by atoms with Crippen molar-refractivity contribution >= 4 is 15.9 Å². The quantitative estimate of drug-likeness (QED) is 0.672. The fraction of sp³-hybridized carbons (Fsp3) is 0.632. The monoisotopic (exact) mass is 368 g/mol. The van der Waals surface area contributed by atoms with Crippen molar-refractivity contribution in [1.82, 2.24) is 9.21 Å². The van der Waals surface area contributed by atoms with Gasteiger partial charge in [0.1, 0.15) is 0 Å². The Balaban J connectivity index is 2.89. The van der Waals surface area contributed by atoms with Gasteiger partial charge in [0.2, 0.25) is 15.9 Å². The van der Waals surface area contributed by atoms with E-state index < -0.39 is 10.0 Å². The molecule has 25 heavy (non-hydrogen) atoms. The first-order chi connectivity index (χ1) is 11.7. The molecule has 0 aliphatic rings. The summed E-state index contributed by atoms with van der Waals surface area (Å²) in [5, 5.41) is 0. The summed E-state index contributed by atoms with van der Waals surface area (Å²) < 4.78 is 26.6. The van der Waals surface area contributed by atoms with Gasteiger partial charge in [-0.2, -0.15) is 4.31 Å². The lowest BCUT2D eigenvalue weighted by molar-refractivity contribution is -0.131. The number of aryl methyl sites for hydroxylation is 2. The molecule has 0 N–H and O–H groups in total. The molecular formula is C19H32N2O3S. The van der Waals surface area contributed by atoms with Gasteiger partial charge in [-0.05, 0) is 49.9 Å². The molecule has 0 saturated carbocycles. The molecule has 0 radical (unpaired) electrons. The largest absolute Gasteiger partial charge is 0.342 e. The molecule has 0 saturated heterocycles. The number of hydrogen-bond donors (Lipinski definition) is 0. The molecule has 0 aliphatic heterocycles. The van der Waals surface area contributed by atoms with Gasteiger partial charge in [-0.3, -0.25) is 4.79 Å². The number of sulfonamides is 1. The van der Waals surface area contributed by atoms with Gasteiger partial charge in [0.15, 0.2) is 0 Å². The first-order valence-electron chi connectivity index (χ1n) is 8.98. The highest BCUT2D eigenvalue weighted by molar-refractivity contribution is 7.89. The second-order valence-corrected chi connectivity index (χ2v) is 8.67. The topological polar surface area (TPSA) is 57.7 Å². The van der Waals surface area contributed by atoms with Crippen molar-refractivity contribution in [1.29, 1.82) is 0 Å². The highest BCUT2D eigenvalue weighted by atomic mass is 32.2. The van der Waals surface area contributed by atoms with E-state index in [1.165, 1.54) is 7.05 Å². The van der Waals surface area contributed by atoms with Crippen LogP contribution in [0, 0.1) is 19.8 Å². The van der Waals surface area contributed by atoms with Crippen molar-refractivity contribution in [2.45, 2.75) is 52.4 Å². The maximum Gasteiger partial charge on any atom is 0.243 e. The summed E-state index contributed by atoms with van der Waals surface area (Å²) in [5.74, 6) is 0.301. The summed E-state index contributed by atoms with van der Waals surface area (Å²) in [7, 11) is -2.20. The average Bonchev–Trinajstić information content (AvgIpc) is 2.58. The Morgan fingerprint density at radius 1 is 1.08 bits per heavy atom. The van der Waals surface area contributed by atoms with Crippen LogP contribution in [0.15, 0.2) is 23.1 Å². The van der Waals surface area contributed by atoms with Crippen LogP contribution in [-0.2, 0) is 14.8 Å². The first kappa shape index (κ1) is 21.6. The van der Waals surface area contributed by atoms with Crippen molar-refractivity contribution in [3.05, 3.63) is 29.3 Å². The molecule has 1 rings (SSSR count). The SMILES string of the molecule is CCC(CC)CN(CC)C(=O)CN(C)S(=O)(=O)c1ccc(C)c(C)c1. The molecular weight excluding hydrogens is 336 g/mol. The van der Waals surface area contributed by atoms with Gasteiger partial charge in [0.05, 0.1) is 11.4 Å². The maximum absolute atomic E-state index is 12.7. The number of likely N-dealkylation sites (N-methyl/N-ethyl adjacent to an activating group) is 2. The van der Waals surface area contributed by atoms with E-state index in [4.69, 9.17) is 0 Å². The Morgan fingerprint density at radius 3 is 2.16 bits per heavy atom. The van der Waals surface area contributed by atoms with E-state index in [1.54, 1.807) is 23.1 Å². The Hall–Kier alpha value is -1.40. The fourth-order valence-electron chi connectivity index (χ4n) is 2.70. The molecule has 0 fully saturated rings. The van der Waals surface area contributed by atoms with Crippen LogP contribution >= 0.6 is 0 Å². The zero-order valence-corrected chi connectivity index (χ0v) is 17.2. The standard InChI is InChI=1S/C19H32N2O3S/c1-7-17(8-2)13-21(9-3)19(22)14-20(6)25(23,24)18-11-10-15(4)16(5)12-18/h10-12,17H,7-9,13-14H2,1-6H3. The van der Waals surface area contributed by atoms with Gasteiger partial charge in [-0.15, -0.1) is 0 Å². The number of carbonyl (C=O) groups excluding carboxylic acids is 1. The predicted octanol–water partition coefficient (Wildman–Crippen LogP) is 3.21. The smallest absolute Gasteiger partial charge is 0.243 e. The molecule has 6 heteroatoms. The molecule has 0 aromatic heterocycles. The second kappa shape index (κ2) is 9.34. The molecule has 1 amide bonds. The van der Waals surface area contributed by atoms with Gasteiger partial charge >= 0.3 is 0 Å². The average molecular weight is 369 g/mol. The van der Waals surface area contributed by atoms with E-state index in [9.17, 15) is 13.2 Å². The van der Waals surface area contributed by atoms with Crippen LogP contribution in [0.25, 0.3) is 0 Å². The lowest BCUT2D eigenvalue weighted by Crippen LogP contribution is -2.42. The maximum atomic E-state index is 12.7. The van der Waals surface area contributed by atoms with Crippen LogP contribution in [0.4, 0.5) is 0 Å². The molecule has 0 aliphatic carbocycles. The van der Waals surface area contributed by atoms with Crippen LogP contribution in [0.1, 0.15) is 44.7 Å². The molecule has 142 valence electrons. The fourth-order valence-corrected chi connectivity index (χ4v) is 3.90. The van der Waals surface area contributed by atoms with Crippen molar-refractivity contribution in [3.8, 4) is 0 Å². The number of rotatable bonds is 9. The molecule has 0 heterocycles. The first-order valence-corrected chi connectivity index (χ1v) is 10.4. The number of nitrogens with zero attached hydrogens (tertiary/aromatic N) is 2. The van der Waals surface area contributed by atoms with Crippen molar-refractivity contribution in [2.75, 3.05) is 26.7 Å². The van der Waals surface area contributed by atoms with Gasteiger partial charge < -0.3 is 4.90 Å². The van der Waals surface area contributed by atoms with Gasteiger partial charge in [-0.1, -0.05) is 32.8 Å². The Kier molecular flexibility index (Phi) is 8.09. The van der Waals surface area contributed by atoms with E-state index in [-0.39, 0.29) is 17.3 Å². The third-order valence-corrected chi connectivity index (χ3v) is 6.71. The van der Waals surface area contributed by atoms with E-state index >= 15 is 0 Å². The molecule has 0 unspecified atom stereocenters. The lowest BCUT2D eigenvalue weighted by atomic mass is 10.0. The van der Waals surface area contributed by atoms with Crippen LogP contribution in [-0.4, -0.2) is 50.2 Å². The van der Waals surface area contributed by atoms with Gasteiger partial charge in [0.25, 0.3) is 0 Å². The zero-order chi connectivity index (χ0) is 19.2. The molecule has 5 nitrogen and oxygen atoms in total. The zero-order valence-electron chi connectivity index (χ0n) is 16.4. The van der Waals surface area contributed by atoms with Gasteiger partial charge in [0, 0.05) is 20.1 Å². The summed E-state index contributed by atoms with van der Waals surface area (Å²) in [6.45, 7) is 11.1. The molecule has 0 atom stereocenters. The Bertz CT molecular complexity index is 682. The van der Waals surface area contributed by atoms with Crippen LogP contribution < -0.4 is 0 Å². The molecule has 1 aromatic carbocycles. The highest BCUT2D eigenvalue weighted by Gasteiger charge is 2.25. The third-order valence-electron chi connectivity index (χ3n) is 4.91. The summed E-state index contributed by atoms with van der Waals surface area (Å²) in [4.78, 5) is 14.6. The normalized spacial score (nSPS) is 12.0. The Labute approximate surface area is 153 Å². The van der Waals surface area contributed by atoms with Crippen molar-refractivity contribution in [3.63, 3.8) is 0 Å². The summed E-state index contributed by atoms with van der Waals surface area (Å²) in [6, 6.07) is 5.05. The van der Waals surface area contributed by atoms with E-state index in [0.29, 0.717) is 19.0 Å². The number of hydrogen-bond acceptors (Lipinski definition) is 3. The number of carbonyl (C=O) groups is 1. The summed E-state index contributed by atoms with van der Waals surface area (Å²) in [6.07, 6.45) is 2.02. The minimum absolute atomic E-state index is 0.136. The summed E-state index contributed by atoms with van der Waals surface area (Å²) in [5.41, 5.74) is 1.96. The highest BCUT2D eigenvalue weighted by Crippen LogP contribution is 2.18.